The van der Waals surface area contributed by atoms with Crippen LogP contribution in [0.15, 0.2) is 35.1 Å². The SMILES string of the molecule is [C-]#[N+]c1ccc2c(n1)c(N1C[C@@H](C)N(Cc3c(F)cc(F)cc3F)C[C@@H]1CC)cc(=O)n2C. The number of aryl methyl sites for hydroxylation is 1. The maximum atomic E-state index is 14.3. The van der Waals surface area contributed by atoms with Crippen LogP contribution in [0.2, 0.25) is 0 Å². The average molecular weight is 455 g/mol. The summed E-state index contributed by atoms with van der Waals surface area (Å²) in [4.78, 5) is 24.6. The highest BCUT2D eigenvalue weighted by Crippen LogP contribution is 2.31. The van der Waals surface area contributed by atoms with Gasteiger partial charge in [-0.15, -0.1) is 4.98 Å². The van der Waals surface area contributed by atoms with Crippen LogP contribution in [0.1, 0.15) is 25.8 Å². The van der Waals surface area contributed by atoms with Crippen molar-refractivity contribution in [2.24, 2.45) is 7.05 Å². The zero-order chi connectivity index (χ0) is 23.9. The Morgan fingerprint density at radius 2 is 1.85 bits per heavy atom. The molecule has 1 fully saturated rings. The van der Waals surface area contributed by atoms with Gasteiger partial charge in [0.05, 0.1) is 11.2 Å². The fourth-order valence-electron chi connectivity index (χ4n) is 4.47. The molecule has 1 saturated heterocycles. The lowest BCUT2D eigenvalue weighted by Gasteiger charge is -2.46. The Hall–Kier alpha value is -3.38. The molecular formula is C24H24F3N5O. The summed E-state index contributed by atoms with van der Waals surface area (Å²) in [6, 6.07) is 6.07. The highest BCUT2D eigenvalue weighted by atomic mass is 19.1. The highest BCUT2D eigenvalue weighted by molar-refractivity contribution is 5.89. The molecular weight excluding hydrogens is 431 g/mol. The number of benzene rings is 1. The van der Waals surface area contributed by atoms with E-state index in [2.05, 4.69) is 14.7 Å². The molecule has 33 heavy (non-hydrogen) atoms. The van der Waals surface area contributed by atoms with Gasteiger partial charge in [0.15, 0.2) is 0 Å². The van der Waals surface area contributed by atoms with Crippen molar-refractivity contribution in [2.45, 2.75) is 38.9 Å². The minimum atomic E-state index is -0.943. The van der Waals surface area contributed by atoms with Crippen LogP contribution in [-0.4, -0.2) is 39.6 Å². The van der Waals surface area contributed by atoms with Gasteiger partial charge < -0.3 is 14.3 Å². The van der Waals surface area contributed by atoms with Gasteiger partial charge in [-0.1, -0.05) is 13.5 Å². The van der Waals surface area contributed by atoms with E-state index in [-0.39, 0.29) is 35.6 Å². The average Bonchev–Trinajstić information content (AvgIpc) is 2.78. The summed E-state index contributed by atoms with van der Waals surface area (Å²) in [6.45, 7) is 12.3. The van der Waals surface area contributed by atoms with Crippen LogP contribution in [0.4, 0.5) is 24.7 Å². The largest absolute Gasteiger partial charge is 0.362 e. The van der Waals surface area contributed by atoms with Gasteiger partial charge in [0, 0.05) is 62.5 Å². The summed E-state index contributed by atoms with van der Waals surface area (Å²) in [5.41, 5.74) is 1.51. The van der Waals surface area contributed by atoms with E-state index in [0.717, 1.165) is 6.42 Å². The zero-order valence-corrected chi connectivity index (χ0v) is 18.6. The molecule has 0 N–H and O–H groups in total. The Morgan fingerprint density at radius 1 is 1.15 bits per heavy atom. The van der Waals surface area contributed by atoms with E-state index in [0.29, 0.717) is 41.9 Å². The number of rotatable bonds is 4. The molecule has 0 aliphatic carbocycles. The number of aromatic nitrogens is 2. The van der Waals surface area contributed by atoms with E-state index in [9.17, 15) is 18.0 Å². The van der Waals surface area contributed by atoms with Gasteiger partial charge in [-0.3, -0.25) is 9.69 Å². The van der Waals surface area contributed by atoms with Gasteiger partial charge in [0.25, 0.3) is 11.4 Å². The zero-order valence-electron chi connectivity index (χ0n) is 18.6. The molecule has 6 nitrogen and oxygen atoms in total. The van der Waals surface area contributed by atoms with E-state index < -0.39 is 17.5 Å². The van der Waals surface area contributed by atoms with E-state index in [1.54, 1.807) is 19.2 Å². The van der Waals surface area contributed by atoms with Crippen LogP contribution in [0.25, 0.3) is 15.9 Å². The minimum Gasteiger partial charge on any atom is -0.362 e. The molecule has 9 heteroatoms. The number of nitrogens with zero attached hydrogens (tertiary/aromatic N) is 5. The van der Waals surface area contributed by atoms with Crippen molar-refractivity contribution in [3.63, 3.8) is 0 Å². The first kappa shape index (κ1) is 22.8. The molecule has 3 aromatic rings. The quantitative estimate of drug-likeness (QED) is 0.548. The van der Waals surface area contributed by atoms with Crippen molar-refractivity contribution in [2.75, 3.05) is 18.0 Å². The Bertz CT molecular complexity index is 1290. The number of halogens is 3. The number of hydrogen-bond acceptors (Lipinski definition) is 4. The molecule has 1 aliphatic rings. The Morgan fingerprint density at radius 3 is 2.48 bits per heavy atom. The summed E-state index contributed by atoms with van der Waals surface area (Å²) in [6.07, 6.45) is 0.719. The fourth-order valence-corrected chi connectivity index (χ4v) is 4.47. The molecule has 4 rings (SSSR count). The maximum Gasteiger partial charge on any atom is 0.270 e. The third-order valence-electron chi connectivity index (χ3n) is 6.39. The predicted molar refractivity (Wildman–Crippen MR) is 121 cm³/mol. The minimum absolute atomic E-state index is 0.0148. The van der Waals surface area contributed by atoms with Gasteiger partial charge in [0.2, 0.25) is 5.52 Å². The summed E-state index contributed by atoms with van der Waals surface area (Å²) in [5.74, 6) is -2.50. The van der Waals surface area contributed by atoms with Crippen molar-refractivity contribution < 1.29 is 13.2 Å². The third kappa shape index (κ3) is 4.18. The van der Waals surface area contributed by atoms with Crippen LogP contribution < -0.4 is 10.5 Å². The fraction of sp³-hybridized carbons (Fsp3) is 0.375. The van der Waals surface area contributed by atoms with Crippen LogP contribution in [0.3, 0.4) is 0 Å². The van der Waals surface area contributed by atoms with Gasteiger partial charge >= 0.3 is 0 Å². The number of piperazine rings is 1. The van der Waals surface area contributed by atoms with Crippen molar-refractivity contribution in [3.05, 3.63) is 75.1 Å². The lowest BCUT2D eigenvalue weighted by atomic mass is 10.0. The number of pyridine rings is 2. The summed E-state index contributed by atoms with van der Waals surface area (Å²) < 4.78 is 43.3. The second kappa shape index (κ2) is 8.87. The Labute approximate surface area is 189 Å². The molecule has 0 bridgehead atoms. The summed E-state index contributed by atoms with van der Waals surface area (Å²) >= 11 is 0. The Kier molecular flexibility index (Phi) is 6.13. The first-order valence-corrected chi connectivity index (χ1v) is 10.8. The molecule has 0 unspecified atom stereocenters. The van der Waals surface area contributed by atoms with Crippen LogP contribution in [0.5, 0.6) is 0 Å². The van der Waals surface area contributed by atoms with Gasteiger partial charge in [-0.25, -0.2) is 13.2 Å². The van der Waals surface area contributed by atoms with Crippen molar-refractivity contribution in [1.29, 1.82) is 0 Å². The van der Waals surface area contributed by atoms with Gasteiger partial charge in [0.1, 0.15) is 17.5 Å². The molecule has 172 valence electrons. The van der Waals surface area contributed by atoms with Crippen molar-refractivity contribution >= 4 is 22.5 Å². The Balaban J connectivity index is 1.71. The molecule has 0 spiro atoms. The van der Waals surface area contributed by atoms with Gasteiger partial charge in [-0.05, 0) is 25.5 Å². The second-order valence-electron chi connectivity index (χ2n) is 8.42. The van der Waals surface area contributed by atoms with Gasteiger partial charge in [-0.2, -0.15) is 0 Å². The van der Waals surface area contributed by atoms with E-state index in [1.165, 1.54) is 10.6 Å². The van der Waals surface area contributed by atoms with Crippen LogP contribution >= 0.6 is 0 Å². The third-order valence-corrected chi connectivity index (χ3v) is 6.39. The highest BCUT2D eigenvalue weighted by Gasteiger charge is 2.34. The molecule has 1 aliphatic heterocycles. The van der Waals surface area contributed by atoms with Crippen molar-refractivity contribution in [3.8, 4) is 0 Å². The van der Waals surface area contributed by atoms with Crippen LogP contribution in [0, 0.1) is 24.0 Å². The van der Waals surface area contributed by atoms with Crippen molar-refractivity contribution in [1.82, 2.24) is 14.5 Å². The number of fused-ring (bicyclic) bond motifs is 1. The second-order valence-corrected chi connectivity index (χ2v) is 8.42. The number of anilines is 1. The lowest BCUT2D eigenvalue weighted by molar-refractivity contribution is 0.148. The smallest absolute Gasteiger partial charge is 0.270 e. The van der Waals surface area contributed by atoms with E-state index >= 15 is 0 Å². The topological polar surface area (TPSA) is 45.7 Å². The first-order chi connectivity index (χ1) is 15.7. The standard InChI is InChI=1S/C24H24F3N5O/c1-5-16-12-31(13-17-18(26)8-15(25)9-19(17)27)14(2)11-32(16)21-10-23(33)30(4)20-6-7-22(28-3)29-24(20)21/h6-10,14,16H,5,11-13H2,1-2,4H3/t14-,16+/m1/s1. The lowest BCUT2D eigenvalue weighted by Crippen LogP contribution is -2.57. The predicted octanol–water partition coefficient (Wildman–Crippen LogP) is 4.39. The van der Waals surface area contributed by atoms with E-state index in [4.69, 9.17) is 6.57 Å². The maximum absolute atomic E-state index is 14.3. The molecule has 2 aromatic heterocycles. The molecule has 0 radical (unpaired) electrons. The molecule has 1 aromatic carbocycles. The molecule has 0 saturated carbocycles. The summed E-state index contributed by atoms with van der Waals surface area (Å²) in [5, 5.41) is 0. The molecule has 0 amide bonds. The summed E-state index contributed by atoms with van der Waals surface area (Å²) in [7, 11) is 1.66. The van der Waals surface area contributed by atoms with E-state index in [1.807, 2.05) is 18.7 Å². The molecule has 3 heterocycles. The molecule has 2 atom stereocenters. The first-order valence-electron chi connectivity index (χ1n) is 10.8. The number of hydrogen-bond donors (Lipinski definition) is 0. The monoisotopic (exact) mass is 455 g/mol. The normalized spacial score (nSPS) is 19.1. The van der Waals surface area contributed by atoms with Crippen LogP contribution in [-0.2, 0) is 13.6 Å².